The molecule has 8 heavy (non-hydrogen) atoms. The van der Waals surface area contributed by atoms with Gasteiger partial charge < -0.3 is 0 Å². The molecule has 0 rings (SSSR count). The molecule has 0 aliphatic rings. The first-order chi connectivity index (χ1) is 2.94. The van der Waals surface area contributed by atoms with Crippen molar-refractivity contribution in [3.63, 3.8) is 0 Å². The average molecular weight is 189 g/mol. The Morgan fingerprint density at radius 2 is 1.38 bits per heavy atom. The van der Waals surface area contributed by atoms with Gasteiger partial charge in [-0.3, -0.25) is 4.79 Å². The van der Waals surface area contributed by atoms with E-state index in [2.05, 4.69) is 0 Å². The van der Waals surface area contributed by atoms with Gasteiger partial charge in [-0.05, 0) is 6.92 Å². The van der Waals surface area contributed by atoms with Gasteiger partial charge in [-0.25, -0.2) is 0 Å². The van der Waals surface area contributed by atoms with Crippen molar-refractivity contribution < 1.29 is 37.5 Å². The normalized spacial score (nSPS) is 10.0. The second kappa shape index (κ2) is 3.73. The van der Waals surface area contributed by atoms with Gasteiger partial charge in [0.15, 0.2) is 0 Å². The zero-order valence-electron chi connectivity index (χ0n) is 5.99. The summed E-state index contributed by atoms with van der Waals surface area (Å²) in [6, 6.07) is 0. The first-order valence-corrected chi connectivity index (χ1v) is 2.45. The quantitative estimate of drug-likeness (QED) is 0.565. The van der Waals surface area contributed by atoms with Gasteiger partial charge in [-0.1, -0.05) is 20.8 Å². The number of rotatable bonds is 0. The molecule has 0 unspecified atom stereocenters. The Balaban J connectivity index is 0. The molecule has 0 aromatic heterocycles. The van der Waals surface area contributed by atoms with Crippen LogP contribution in [0.1, 0.15) is 27.7 Å². The third kappa shape index (κ3) is 4.92. The minimum atomic E-state index is -0.139. The van der Waals surface area contributed by atoms with Crippen LogP contribution in [0.5, 0.6) is 0 Å². The van der Waals surface area contributed by atoms with Crippen molar-refractivity contribution in [3.05, 3.63) is 0 Å². The fraction of sp³-hybridized carbons (Fsp3) is 0.833. The molecule has 0 bridgehead atoms. The van der Waals surface area contributed by atoms with Gasteiger partial charge in [0.2, 0.25) is 0 Å². The van der Waals surface area contributed by atoms with Gasteiger partial charge in [0.1, 0.15) is 5.78 Å². The second-order valence-corrected chi connectivity index (χ2v) is 2.81. The minimum Gasteiger partial charge on any atom is -0.299 e. The topological polar surface area (TPSA) is 17.1 Å². The van der Waals surface area contributed by atoms with Crippen LogP contribution in [0.25, 0.3) is 0 Å². The zero-order chi connectivity index (χ0) is 6.08. The van der Waals surface area contributed by atoms with Crippen LogP contribution >= 0.6 is 0 Å². The maximum atomic E-state index is 10.5. The van der Waals surface area contributed by atoms with E-state index in [0.717, 1.165) is 0 Å². The van der Waals surface area contributed by atoms with E-state index < -0.39 is 0 Å². The molecular weight excluding hydrogens is 177 g/mol. The Bertz CT molecular complexity index is 81.0. The van der Waals surface area contributed by atoms with E-state index in [1.165, 1.54) is 0 Å². The van der Waals surface area contributed by atoms with Crippen molar-refractivity contribution in [1.82, 2.24) is 0 Å². The van der Waals surface area contributed by atoms with Crippen LogP contribution in [0.2, 0.25) is 0 Å². The SMILES string of the molecule is CC(=O)C(C)(C)C.[Y]. The molecule has 0 aromatic carbocycles. The van der Waals surface area contributed by atoms with Gasteiger partial charge in [-0.15, -0.1) is 0 Å². The van der Waals surface area contributed by atoms with E-state index in [-0.39, 0.29) is 43.9 Å². The Labute approximate surface area is 76.1 Å². The fourth-order valence-electron chi connectivity index (χ4n) is 0. The molecular formula is C6H12OY. The predicted molar refractivity (Wildman–Crippen MR) is 30.1 cm³/mol. The molecule has 0 aromatic rings. The van der Waals surface area contributed by atoms with Gasteiger partial charge >= 0.3 is 0 Å². The molecule has 1 nitrogen and oxygen atoms in total. The molecule has 0 atom stereocenters. The third-order valence-electron chi connectivity index (χ3n) is 1.06. The van der Waals surface area contributed by atoms with E-state index in [1.54, 1.807) is 6.92 Å². The van der Waals surface area contributed by atoms with Crippen molar-refractivity contribution in [2.75, 3.05) is 0 Å². The van der Waals surface area contributed by atoms with Crippen LogP contribution in [0, 0.1) is 5.41 Å². The van der Waals surface area contributed by atoms with Crippen LogP contribution in [0.3, 0.4) is 0 Å². The zero-order valence-corrected chi connectivity index (χ0v) is 8.82. The van der Waals surface area contributed by atoms with Crippen LogP contribution in [-0.4, -0.2) is 5.78 Å². The predicted octanol–water partition coefficient (Wildman–Crippen LogP) is 1.62. The number of hydrogen-bond acceptors (Lipinski definition) is 1. The summed E-state index contributed by atoms with van der Waals surface area (Å²) in [4.78, 5) is 10.5. The van der Waals surface area contributed by atoms with Crippen LogP contribution in [-0.2, 0) is 37.5 Å². The number of hydrogen-bond donors (Lipinski definition) is 0. The molecule has 45 valence electrons. The monoisotopic (exact) mass is 189 g/mol. The summed E-state index contributed by atoms with van der Waals surface area (Å²) in [5.41, 5.74) is -0.139. The molecule has 0 N–H and O–H groups in total. The maximum Gasteiger partial charge on any atom is 0.135 e. The number of ketones is 1. The molecule has 0 aliphatic heterocycles. The largest absolute Gasteiger partial charge is 0.299 e. The molecule has 1 radical (unpaired) electrons. The number of carbonyl (C=O) groups is 1. The summed E-state index contributed by atoms with van der Waals surface area (Å²) in [5.74, 6) is 0.243. The van der Waals surface area contributed by atoms with Crippen molar-refractivity contribution in [3.8, 4) is 0 Å². The van der Waals surface area contributed by atoms with Gasteiger partial charge in [-0.2, -0.15) is 0 Å². The van der Waals surface area contributed by atoms with E-state index in [0.29, 0.717) is 0 Å². The molecule has 0 aliphatic carbocycles. The summed E-state index contributed by atoms with van der Waals surface area (Å²) in [6.45, 7) is 7.35. The van der Waals surface area contributed by atoms with E-state index in [1.807, 2.05) is 20.8 Å². The molecule has 0 fully saturated rings. The van der Waals surface area contributed by atoms with Crippen molar-refractivity contribution >= 4 is 5.78 Å². The average Bonchev–Trinajstić information content (AvgIpc) is 1.31. The van der Waals surface area contributed by atoms with Gasteiger partial charge in [0.25, 0.3) is 0 Å². The molecule has 0 spiro atoms. The second-order valence-electron chi connectivity index (χ2n) is 2.81. The molecule has 0 amide bonds. The Hall–Kier alpha value is 0.774. The Kier molecular flexibility index (Phi) is 5.39. The molecule has 2 heteroatoms. The first-order valence-electron chi connectivity index (χ1n) is 2.45. The standard InChI is InChI=1S/C6H12O.Y/c1-5(7)6(2,3)4;/h1-4H3;. The third-order valence-corrected chi connectivity index (χ3v) is 1.06. The number of Topliss-reactive ketones (excluding diaryl/α,β-unsaturated/α-hetero) is 1. The molecule has 0 heterocycles. The smallest absolute Gasteiger partial charge is 0.135 e. The minimum absolute atomic E-state index is 0. The maximum absolute atomic E-state index is 10.5. The summed E-state index contributed by atoms with van der Waals surface area (Å²) in [7, 11) is 0. The first kappa shape index (κ1) is 11.6. The molecule has 0 saturated carbocycles. The van der Waals surface area contributed by atoms with Crippen molar-refractivity contribution in [2.24, 2.45) is 5.41 Å². The van der Waals surface area contributed by atoms with E-state index in [4.69, 9.17) is 0 Å². The van der Waals surface area contributed by atoms with Gasteiger partial charge in [0, 0.05) is 38.1 Å². The summed E-state index contributed by atoms with van der Waals surface area (Å²) >= 11 is 0. The summed E-state index contributed by atoms with van der Waals surface area (Å²) in [6.07, 6.45) is 0. The molecule has 0 saturated heterocycles. The van der Waals surface area contributed by atoms with E-state index in [9.17, 15) is 4.79 Å². The van der Waals surface area contributed by atoms with Crippen LogP contribution < -0.4 is 0 Å². The van der Waals surface area contributed by atoms with Crippen LogP contribution in [0.15, 0.2) is 0 Å². The fourth-order valence-corrected chi connectivity index (χ4v) is 0. The van der Waals surface area contributed by atoms with Crippen molar-refractivity contribution in [1.29, 1.82) is 0 Å². The van der Waals surface area contributed by atoms with E-state index >= 15 is 0 Å². The Morgan fingerprint density at radius 1 is 1.25 bits per heavy atom. The van der Waals surface area contributed by atoms with Crippen LogP contribution in [0.4, 0.5) is 0 Å². The van der Waals surface area contributed by atoms with Crippen molar-refractivity contribution in [2.45, 2.75) is 27.7 Å². The Morgan fingerprint density at radius 3 is 1.38 bits per heavy atom. The number of carbonyl (C=O) groups excluding carboxylic acids is 1. The van der Waals surface area contributed by atoms with Gasteiger partial charge in [0.05, 0.1) is 0 Å². The summed E-state index contributed by atoms with van der Waals surface area (Å²) in [5, 5.41) is 0. The summed E-state index contributed by atoms with van der Waals surface area (Å²) < 4.78 is 0.